The predicted octanol–water partition coefficient (Wildman–Crippen LogP) is 5.20. The van der Waals surface area contributed by atoms with E-state index in [-0.39, 0.29) is 0 Å². The molecule has 1 N–H and O–H groups in total. The number of rotatable bonds is 6. The number of H-pyrrole nitrogens is 1. The van der Waals surface area contributed by atoms with Crippen molar-refractivity contribution in [3.63, 3.8) is 0 Å². The highest BCUT2D eigenvalue weighted by Gasteiger charge is 2.25. The number of tetrazole rings is 1. The van der Waals surface area contributed by atoms with Gasteiger partial charge in [0, 0.05) is 17.7 Å². The van der Waals surface area contributed by atoms with E-state index in [1.165, 1.54) is 25.0 Å². The lowest BCUT2D eigenvalue weighted by molar-refractivity contribution is 0.306. The van der Waals surface area contributed by atoms with Crippen LogP contribution in [0.1, 0.15) is 49.3 Å². The summed E-state index contributed by atoms with van der Waals surface area (Å²) >= 11 is 0. The van der Waals surface area contributed by atoms with Crippen LogP contribution < -0.4 is 4.74 Å². The summed E-state index contributed by atoms with van der Waals surface area (Å²) in [5, 5.41) is 19.1. The van der Waals surface area contributed by atoms with E-state index >= 15 is 0 Å². The molecule has 8 heteroatoms. The highest BCUT2D eigenvalue weighted by atomic mass is 16.5. The van der Waals surface area contributed by atoms with Gasteiger partial charge < -0.3 is 4.74 Å². The molecule has 1 aliphatic carbocycles. The second kappa shape index (κ2) is 9.05. The molecule has 1 fully saturated rings. The van der Waals surface area contributed by atoms with Crippen LogP contribution >= 0.6 is 0 Å². The SMILES string of the molecule is c1ccc(COc2cccc(-c3cnc4c(-c5nnn[nH]5)cnn4c3C3CCCCC3)c2)cc1. The van der Waals surface area contributed by atoms with Gasteiger partial charge >= 0.3 is 0 Å². The molecule has 1 aliphatic rings. The summed E-state index contributed by atoms with van der Waals surface area (Å²) in [6.45, 7) is 0.533. The van der Waals surface area contributed by atoms with Crippen molar-refractivity contribution in [1.82, 2.24) is 35.2 Å². The first-order valence-electron chi connectivity index (χ1n) is 11.7. The van der Waals surface area contributed by atoms with Crippen LogP contribution in [0.3, 0.4) is 0 Å². The van der Waals surface area contributed by atoms with Crippen LogP contribution in [0.4, 0.5) is 0 Å². The smallest absolute Gasteiger partial charge is 0.184 e. The van der Waals surface area contributed by atoms with Crippen molar-refractivity contribution >= 4 is 5.65 Å². The first-order chi connectivity index (χ1) is 16.9. The Morgan fingerprint density at radius 1 is 0.941 bits per heavy atom. The number of aromatic nitrogens is 7. The molecule has 0 unspecified atom stereocenters. The molecule has 0 aliphatic heterocycles. The fraction of sp³-hybridized carbons (Fsp3) is 0.269. The van der Waals surface area contributed by atoms with Gasteiger partial charge in [-0.05, 0) is 46.5 Å². The Balaban J connectivity index is 1.41. The van der Waals surface area contributed by atoms with Gasteiger partial charge in [-0.15, -0.1) is 5.10 Å². The number of aromatic amines is 1. The number of fused-ring (bicyclic) bond motifs is 1. The average Bonchev–Trinajstić information content (AvgIpc) is 3.58. The topological polar surface area (TPSA) is 93.9 Å². The standard InChI is InChI=1S/C26H25N7O/c1-3-8-18(9-4-1)17-34-21-13-7-12-20(14-21)22-15-27-26-23(25-29-31-32-30-25)16-28-33(26)24(22)19-10-5-2-6-11-19/h1,3-4,7-9,12-16,19H,2,5-6,10-11,17H2,(H,29,30,31,32). The molecule has 34 heavy (non-hydrogen) atoms. The zero-order valence-electron chi connectivity index (χ0n) is 18.8. The summed E-state index contributed by atoms with van der Waals surface area (Å²) in [7, 11) is 0. The molecule has 3 heterocycles. The molecule has 2 aromatic carbocycles. The maximum Gasteiger partial charge on any atom is 0.184 e. The maximum atomic E-state index is 6.11. The summed E-state index contributed by atoms with van der Waals surface area (Å²) in [5.74, 6) is 1.83. The first kappa shape index (κ1) is 20.5. The molecule has 0 saturated heterocycles. The molecule has 1 saturated carbocycles. The highest BCUT2D eigenvalue weighted by Crippen LogP contribution is 2.39. The molecular formula is C26H25N7O. The molecule has 3 aromatic heterocycles. The van der Waals surface area contributed by atoms with E-state index in [0.717, 1.165) is 46.5 Å². The lowest BCUT2D eigenvalue weighted by Crippen LogP contribution is -2.12. The highest BCUT2D eigenvalue weighted by molar-refractivity contribution is 5.75. The molecule has 0 amide bonds. The summed E-state index contributed by atoms with van der Waals surface area (Å²) in [5.41, 5.74) is 6.08. The summed E-state index contributed by atoms with van der Waals surface area (Å²) in [6.07, 6.45) is 9.80. The predicted molar refractivity (Wildman–Crippen MR) is 128 cm³/mol. The van der Waals surface area contributed by atoms with Crippen LogP contribution in [0.15, 0.2) is 67.0 Å². The molecule has 0 spiro atoms. The molecular weight excluding hydrogens is 426 g/mol. The number of nitrogens with zero attached hydrogens (tertiary/aromatic N) is 6. The van der Waals surface area contributed by atoms with Gasteiger partial charge in [-0.3, -0.25) is 0 Å². The van der Waals surface area contributed by atoms with Gasteiger partial charge in [0.05, 0.1) is 17.5 Å². The van der Waals surface area contributed by atoms with E-state index in [1.807, 2.05) is 41.0 Å². The van der Waals surface area contributed by atoms with E-state index in [9.17, 15) is 0 Å². The van der Waals surface area contributed by atoms with E-state index in [2.05, 4.69) is 44.9 Å². The Morgan fingerprint density at radius 2 is 1.82 bits per heavy atom. The third-order valence-corrected chi connectivity index (χ3v) is 6.55. The van der Waals surface area contributed by atoms with Gasteiger partial charge in [0.2, 0.25) is 0 Å². The minimum Gasteiger partial charge on any atom is -0.489 e. The van der Waals surface area contributed by atoms with E-state index in [4.69, 9.17) is 14.8 Å². The summed E-state index contributed by atoms with van der Waals surface area (Å²) < 4.78 is 8.10. The quantitative estimate of drug-likeness (QED) is 0.381. The van der Waals surface area contributed by atoms with Gasteiger partial charge in [-0.2, -0.15) is 5.10 Å². The number of hydrogen-bond donors (Lipinski definition) is 1. The molecule has 0 bridgehead atoms. The monoisotopic (exact) mass is 451 g/mol. The van der Waals surface area contributed by atoms with Gasteiger partial charge in [0.15, 0.2) is 11.5 Å². The van der Waals surface area contributed by atoms with Crippen molar-refractivity contribution in [3.8, 4) is 28.3 Å². The Hall–Kier alpha value is -4.07. The summed E-state index contributed by atoms with van der Waals surface area (Å²) in [4.78, 5) is 4.80. The number of hydrogen-bond acceptors (Lipinski definition) is 6. The first-order valence-corrected chi connectivity index (χ1v) is 11.7. The van der Waals surface area contributed by atoms with Gasteiger partial charge in [0.1, 0.15) is 12.4 Å². The van der Waals surface area contributed by atoms with E-state index in [0.29, 0.717) is 18.3 Å². The van der Waals surface area contributed by atoms with Crippen LogP contribution in [0.25, 0.3) is 28.2 Å². The molecule has 0 atom stereocenters. The molecule has 6 rings (SSSR count). The maximum absolute atomic E-state index is 6.11. The lowest BCUT2D eigenvalue weighted by Gasteiger charge is -2.25. The average molecular weight is 452 g/mol. The minimum absolute atomic E-state index is 0.420. The van der Waals surface area contributed by atoms with Crippen molar-refractivity contribution in [2.45, 2.75) is 44.6 Å². The Morgan fingerprint density at radius 3 is 2.65 bits per heavy atom. The zero-order valence-corrected chi connectivity index (χ0v) is 18.8. The van der Waals surface area contributed by atoms with Gasteiger partial charge in [-0.1, -0.05) is 61.7 Å². The van der Waals surface area contributed by atoms with Crippen molar-refractivity contribution < 1.29 is 4.74 Å². The molecule has 0 radical (unpaired) electrons. The van der Waals surface area contributed by atoms with Crippen molar-refractivity contribution in [1.29, 1.82) is 0 Å². The lowest BCUT2D eigenvalue weighted by atomic mass is 9.84. The third-order valence-electron chi connectivity index (χ3n) is 6.55. The number of benzene rings is 2. The van der Waals surface area contributed by atoms with Crippen LogP contribution in [-0.4, -0.2) is 35.2 Å². The Kier molecular flexibility index (Phi) is 5.47. The van der Waals surface area contributed by atoms with Crippen LogP contribution in [0.5, 0.6) is 5.75 Å². The fourth-order valence-electron chi connectivity index (χ4n) is 4.87. The van der Waals surface area contributed by atoms with Crippen molar-refractivity contribution in [2.24, 2.45) is 0 Å². The number of nitrogens with one attached hydrogen (secondary N) is 1. The van der Waals surface area contributed by atoms with Gasteiger partial charge in [0.25, 0.3) is 0 Å². The van der Waals surface area contributed by atoms with Crippen LogP contribution in [0.2, 0.25) is 0 Å². The van der Waals surface area contributed by atoms with Crippen LogP contribution in [-0.2, 0) is 6.61 Å². The van der Waals surface area contributed by atoms with Crippen molar-refractivity contribution in [2.75, 3.05) is 0 Å². The van der Waals surface area contributed by atoms with E-state index < -0.39 is 0 Å². The van der Waals surface area contributed by atoms with Crippen LogP contribution in [0, 0.1) is 0 Å². The summed E-state index contributed by atoms with van der Waals surface area (Å²) in [6, 6.07) is 18.5. The fourth-order valence-corrected chi connectivity index (χ4v) is 4.87. The largest absolute Gasteiger partial charge is 0.489 e. The van der Waals surface area contributed by atoms with Gasteiger partial charge in [-0.25, -0.2) is 14.6 Å². The normalized spacial score (nSPS) is 14.5. The Labute approximate surface area is 197 Å². The van der Waals surface area contributed by atoms with E-state index in [1.54, 1.807) is 6.20 Å². The molecule has 170 valence electrons. The Bertz CT molecular complexity index is 1390. The zero-order chi connectivity index (χ0) is 22.7. The second-order valence-corrected chi connectivity index (χ2v) is 8.74. The molecule has 8 nitrogen and oxygen atoms in total. The minimum atomic E-state index is 0.420. The van der Waals surface area contributed by atoms with Crippen molar-refractivity contribution in [3.05, 3.63) is 78.2 Å². The molecule has 5 aromatic rings. The third kappa shape index (κ3) is 3.91. The number of ether oxygens (including phenoxy) is 1. The second-order valence-electron chi connectivity index (χ2n) is 8.74.